The Balaban J connectivity index is -0.00000000356. The minimum absolute atomic E-state index is 0. The van der Waals surface area contributed by atoms with Gasteiger partial charge in [-0.3, -0.25) is 10.5 Å². The maximum Gasteiger partial charge on any atom is 1.00 e. The summed E-state index contributed by atoms with van der Waals surface area (Å²) >= 11 is 0. The summed E-state index contributed by atoms with van der Waals surface area (Å²) < 4.78 is 0. The van der Waals surface area contributed by atoms with Gasteiger partial charge in [0.1, 0.15) is 0 Å². The molecule has 4 N–H and O–H groups in total. The van der Waals surface area contributed by atoms with Crippen molar-refractivity contribution in [2.75, 3.05) is 0 Å². The molecule has 0 unspecified atom stereocenters. The molecule has 0 rings (SSSR count). The third kappa shape index (κ3) is 84.0. The van der Waals surface area contributed by atoms with Crippen molar-refractivity contribution in [3.05, 3.63) is 29.8 Å². The van der Waals surface area contributed by atoms with Crippen molar-refractivity contribution in [1.82, 2.24) is 0 Å². The van der Waals surface area contributed by atoms with E-state index in [1.54, 1.807) is 0 Å². The van der Waals surface area contributed by atoms with Crippen LogP contribution >= 0.6 is 0 Å². The summed E-state index contributed by atoms with van der Waals surface area (Å²) in [5.74, 6) is 0. The van der Waals surface area contributed by atoms with Crippen molar-refractivity contribution in [2.45, 2.75) is 0 Å². The Morgan fingerprint density at radius 3 is 0.667 bits per heavy atom. The van der Waals surface area contributed by atoms with Crippen LogP contribution < -0.4 is 0 Å². The van der Waals surface area contributed by atoms with E-state index in [1.807, 2.05) is 0 Å². The summed E-state index contributed by atoms with van der Waals surface area (Å²) in [4.78, 5) is 42.0. The number of rotatable bonds is 0. The summed E-state index contributed by atoms with van der Waals surface area (Å²) in [5, 5.41) is 12.0. The molecule has 58 valence electrons. The molecular formula is H6O9+2. The first-order valence-electron chi connectivity index (χ1n) is 0.700. The average Bonchev–Trinajstić information content (AvgIpc) is 2.03. The fourth-order valence-corrected chi connectivity index (χ4v) is 0. The van der Waals surface area contributed by atoms with E-state index >= 15 is 0 Å². The Labute approximate surface area is 50.2 Å². The van der Waals surface area contributed by atoms with Crippen LogP contribution in [0.3, 0.4) is 0 Å². The molecule has 0 aliphatic rings. The summed E-state index contributed by atoms with van der Waals surface area (Å²) in [5.41, 5.74) is 0. The molecule has 0 heterocycles. The van der Waals surface area contributed by atoms with Crippen LogP contribution in [0.2, 0.25) is 0 Å². The van der Waals surface area contributed by atoms with Crippen LogP contribution in [0, 0.1) is 29.8 Å². The fourth-order valence-electron chi connectivity index (χ4n) is 0. The monoisotopic (exact) mass is 150 g/mol. The summed E-state index contributed by atoms with van der Waals surface area (Å²) in [6.45, 7) is 0. The smallest absolute Gasteiger partial charge is 0.412 e. The first kappa shape index (κ1) is 47.7. The molecule has 9 nitrogen and oxygen atoms in total. The van der Waals surface area contributed by atoms with E-state index in [9.17, 15) is 0 Å². The molecule has 0 radical (unpaired) electrons. The highest BCUT2D eigenvalue weighted by atomic mass is 17.0. The molecule has 0 atom stereocenters. The molecule has 0 aromatic rings. The van der Waals surface area contributed by atoms with Gasteiger partial charge in [-0.1, -0.05) is 0 Å². The lowest BCUT2D eigenvalue weighted by Crippen LogP contribution is -1.29. The molecule has 0 amide bonds. The van der Waals surface area contributed by atoms with Gasteiger partial charge in [0.15, 0.2) is 0 Å². The predicted octanol–water partition coefficient (Wildman–Crippen LogP) is -0.381. The second-order valence-corrected chi connectivity index (χ2v) is 0. The Bertz CT molecular complexity index is 12.3. The van der Waals surface area contributed by atoms with Gasteiger partial charge in [0.2, 0.25) is 0 Å². The van der Waals surface area contributed by atoms with E-state index in [-0.39, 0.29) is 8.33 Å². The quantitative estimate of drug-likeness (QED) is 0.346. The molecule has 0 bridgehead atoms. The zero-order valence-electron chi connectivity index (χ0n) is 5.84. The fraction of sp³-hybridized carbons (Fsp3) is 0. The van der Waals surface area contributed by atoms with Crippen LogP contribution in [0.5, 0.6) is 0 Å². The summed E-state index contributed by atoms with van der Waals surface area (Å²) in [6.07, 6.45) is 0. The predicted molar refractivity (Wildman–Crippen MR) is 31.3 cm³/mol. The summed E-state index contributed by atoms with van der Waals surface area (Å²) in [6, 6.07) is 0. The minimum atomic E-state index is 0. The molecule has 0 aromatic carbocycles. The Hall–Kier alpha value is -1.32. The van der Waals surface area contributed by atoms with E-state index in [4.69, 9.17) is 40.3 Å². The van der Waals surface area contributed by atoms with Crippen LogP contribution in [0.15, 0.2) is 0 Å². The van der Waals surface area contributed by atoms with Gasteiger partial charge in [0.05, 0.1) is 0 Å². The second kappa shape index (κ2) is 124. The summed E-state index contributed by atoms with van der Waals surface area (Å²) in [7, 11) is 0. The Morgan fingerprint density at radius 1 is 0.667 bits per heavy atom. The van der Waals surface area contributed by atoms with Gasteiger partial charge in [-0.2, -0.15) is 0 Å². The molecule has 0 fully saturated rings. The van der Waals surface area contributed by atoms with E-state index in [0.717, 1.165) is 0 Å². The lowest BCUT2D eigenvalue weighted by molar-refractivity contribution is -0.176. The molecule has 0 spiro atoms. The first-order chi connectivity index (χ1) is 4.00. The van der Waals surface area contributed by atoms with Crippen molar-refractivity contribution in [3.8, 4) is 0 Å². The van der Waals surface area contributed by atoms with Crippen LogP contribution in [-0.2, 0) is 0 Å². The first-order valence-corrected chi connectivity index (χ1v) is 0.700. The van der Waals surface area contributed by atoms with Gasteiger partial charge in [0, 0.05) is 29.8 Å². The van der Waals surface area contributed by atoms with E-state index in [0.29, 0.717) is 0 Å². The SMILES string of the molecule is O.O=O.O=O.O=O.OO.[H+].[H+]. The Kier molecular flexibility index (Phi) is 656. The van der Waals surface area contributed by atoms with Crippen molar-refractivity contribution in [3.63, 3.8) is 0 Å². The van der Waals surface area contributed by atoms with Gasteiger partial charge in [0.25, 0.3) is 0 Å². The van der Waals surface area contributed by atoms with Gasteiger partial charge < -0.3 is 5.48 Å². The van der Waals surface area contributed by atoms with Crippen LogP contribution in [0.25, 0.3) is 0 Å². The molecule has 9 heteroatoms. The van der Waals surface area contributed by atoms with Crippen LogP contribution in [-0.4, -0.2) is 16.0 Å². The van der Waals surface area contributed by atoms with Crippen molar-refractivity contribution < 1.29 is 18.8 Å². The van der Waals surface area contributed by atoms with E-state index in [1.165, 1.54) is 0 Å². The molecule has 0 aromatic heterocycles. The van der Waals surface area contributed by atoms with Crippen LogP contribution in [0.1, 0.15) is 2.85 Å². The maximum absolute atomic E-state index is 7.00. The largest absolute Gasteiger partial charge is 1.00 e. The molecule has 9 heavy (non-hydrogen) atoms. The highest BCUT2D eigenvalue weighted by Crippen LogP contribution is 0.745. The molecule has 0 aliphatic carbocycles. The lowest BCUT2D eigenvalue weighted by atomic mass is 15.0. The molecule has 0 aliphatic heterocycles. The normalized spacial score (nSPS) is 2.00. The minimum Gasteiger partial charge on any atom is -0.412 e. The van der Waals surface area contributed by atoms with E-state index < -0.39 is 0 Å². The molecule has 0 saturated heterocycles. The van der Waals surface area contributed by atoms with Gasteiger partial charge in [-0.05, 0) is 0 Å². The average molecular weight is 150 g/mol. The maximum atomic E-state index is 7.00. The highest BCUT2D eigenvalue weighted by molar-refractivity contribution is 4.08. The van der Waals surface area contributed by atoms with Gasteiger partial charge >= 0.3 is 2.85 Å². The lowest BCUT2D eigenvalue weighted by Gasteiger charge is -1.25. The van der Waals surface area contributed by atoms with Crippen LogP contribution in [0.4, 0.5) is 0 Å². The topological polar surface area (TPSA) is 174 Å². The van der Waals surface area contributed by atoms with Gasteiger partial charge in [-0.25, -0.2) is 0 Å². The van der Waals surface area contributed by atoms with Gasteiger partial charge in [-0.15, -0.1) is 0 Å². The third-order valence-corrected chi connectivity index (χ3v) is 0. The van der Waals surface area contributed by atoms with Crippen molar-refractivity contribution >= 4 is 0 Å². The number of hydrogen-bond donors (Lipinski definition) is 2. The van der Waals surface area contributed by atoms with Crippen molar-refractivity contribution in [1.29, 1.82) is 0 Å². The standard InChI is InChI=1S/H2O2.3O2.H2O/c4*1-2;/h1-2H;;;;1H2/p+2. The second-order valence-electron chi connectivity index (χ2n) is 0. The zero-order chi connectivity index (χ0) is 8.00. The Morgan fingerprint density at radius 2 is 0.667 bits per heavy atom. The number of hydrogen-bond acceptors (Lipinski definition) is 8. The van der Waals surface area contributed by atoms with E-state index in [2.05, 4.69) is 0 Å². The zero-order valence-corrected chi connectivity index (χ0v) is 3.84. The third-order valence-electron chi connectivity index (χ3n) is 0. The van der Waals surface area contributed by atoms with Crippen molar-refractivity contribution in [2.24, 2.45) is 0 Å². The molecule has 0 saturated carbocycles. The molecular weight excluding hydrogens is 144 g/mol. The highest BCUT2D eigenvalue weighted by Gasteiger charge is 0.746.